The van der Waals surface area contributed by atoms with Gasteiger partial charge in [0.15, 0.2) is 0 Å². The first kappa shape index (κ1) is 27.3. The fourth-order valence-corrected chi connectivity index (χ4v) is 6.97. The Balaban J connectivity index is 1.26. The number of aliphatic imine (C=N–C) groups is 1. The van der Waals surface area contributed by atoms with Gasteiger partial charge in [-0.2, -0.15) is 0 Å². The monoisotopic (exact) mass is 605 g/mol. The highest BCUT2D eigenvalue weighted by Crippen LogP contribution is 2.42. The Labute approximate surface area is 273 Å². The topological polar surface area (TPSA) is 49.6 Å². The van der Waals surface area contributed by atoms with E-state index in [9.17, 15) is 0 Å². The summed E-state index contributed by atoms with van der Waals surface area (Å²) in [5.41, 5.74) is 9.64. The molecular formula is C43H31N3O. The van der Waals surface area contributed by atoms with Gasteiger partial charge in [-0.25, -0.2) is 4.99 Å². The number of nitrogens with one attached hydrogen (secondary N) is 2. The first-order valence-corrected chi connectivity index (χ1v) is 16.0. The average Bonchev–Trinajstić information content (AvgIpc) is 3.53. The minimum absolute atomic E-state index is 0.238. The molecule has 2 atom stereocenters. The van der Waals surface area contributed by atoms with Gasteiger partial charge >= 0.3 is 0 Å². The fraction of sp³-hybridized carbons (Fsp3) is 0.0465. The third-order valence-corrected chi connectivity index (χ3v) is 9.16. The predicted molar refractivity (Wildman–Crippen MR) is 193 cm³/mol. The molecule has 0 amide bonds. The summed E-state index contributed by atoms with van der Waals surface area (Å²) in [6, 6.07) is 57.5. The number of furan rings is 1. The summed E-state index contributed by atoms with van der Waals surface area (Å²) < 4.78 is 6.60. The van der Waals surface area contributed by atoms with Crippen LogP contribution in [-0.2, 0) is 0 Å². The summed E-state index contributed by atoms with van der Waals surface area (Å²) in [6.07, 6.45) is -0.487. The number of benzene rings is 7. The third kappa shape index (κ3) is 4.87. The zero-order valence-corrected chi connectivity index (χ0v) is 25.6. The summed E-state index contributed by atoms with van der Waals surface area (Å²) in [6.45, 7) is 0. The molecule has 2 heterocycles. The van der Waals surface area contributed by atoms with Gasteiger partial charge in [0.1, 0.15) is 29.3 Å². The van der Waals surface area contributed by atoms with Crippen LogP contribution in [0.25, 0.3) is 55.0 Å². The van der Waals surface area contributed by atoms with E-state index in [-0.39, 0.29) is 12.3 Å². The molecule has 9 rings (SSSR count). The molecule has 0 saturated heterocycles. The van der Waals surface area contributed by atoms with E-state index in [0.29, 0.717) is 0 Å². The number of rotatable bonds is 5. The van der Waals surface area contributed by atoms with Crippen LogP contribution >= 0.6 is 0 Å². The number of hydrogen-bond donors (Lipinski definition) is 2. The minimum Gasteiger partial charge on any atom is -0.456 e. The highest BCUT2D eigenvalue weighted by molar-refractivity contribution is 6.09. The van der Waals surface area contributed by atoms with Gasteiger partial charge in [-0.15, -0.1) is 0 Å². The molecule has 0 spiro atoms. The summed E-state index contributed by atoms with van der Waals surface area (Å²) >= 11 is 0. The normalized spacial score (nSPS) is 16.3. The van der Waals surface area contributed by atoms with Crippen LogP contribution in [0, 0.1) is 0 Å². The van der Waals surface area contributed by atoms with Crippen LogP contribution < -0.4 is 10.6 Å². The van der Waals surface area contributed by atoms with Crippen molar-refractivity contribution in [2.24, 2.45) is 4.99 Å². The van der Waals surface area contributed by atoms with Crippen molar-refractivity contribution >= 4 is 38.5 Å². The summed E-state index contributed by atoms with van der Waals surface area (Å²) in [4.78, 5) is 5.16. The lowest BCUT2D eigenvalue weighted by atomic mass is 9.89. The van der Waals surface area contributed by atoms with E-state index in [2.05, 4.69) is 150 Å². The lowest BCUT2D eigenvalue weighted by Gasteiger charge is -2.32. The summed E-state index contributed by atoms with van der Waals surface area (Å²) in [7, 11) is 0. The van der Waals surface area contributed by atoms with Crippen molar-refractivity contribution in [1.29, 1.82) is 0 Å². The molecule has 4 nitrogen and oxygen atoms in total. The SMILES string of the molecule is c1ccc(C2=NC(c3ccccc3)NC(c3cc(-c4ccccc4-c4cccc5ccccc45)cc4oc5ccccc5c34)N2)cc1. The molecule has 4 heteroatoms. The van der Waals surface area contributed by atoms with Crippen LogP contribution in [0.5, 0.6) is 0 Å². The quantitative estimate of drug-likeness (QED) is 0.205. The number of fused-ring (bicyclic) bond motifs is 4. The molecule has 0 aliphatic carbocycles. The van der Waals surface area contributed by atoms with E-state index in [1.165, 1.54) is 21.9 Å². The molecule has 224 valence electrons. The van der Waals surface area contributed by atoms with Gasteiger partial charge in [-0.05, 0) is 56.8 Å². The van der Waals surface area contributed by atoms with Gasteiger partial charge in [0.05, 0.1) is 0 Å². The van der Waals surface area contributed by atoms with Gasteiger partial charge in [0, 0.05) is 21.9 Å². The number of para-hydroxylation sites is 1. The Morgan fingerprint density at radius 1 is 0.511 bits per heavy atom. The molecule has 2 unspecified atom stereocenters. The summed E-state index contributed by atoms with van der Waals surface area (Å²) in [5, 5.41) is 12.3. The first-order valence-electron chi connectivity index (χ1n) is 16.0. The molecule has 0 fully saturated rings. The van der Waals surface area contributed by atoms with Gasteiger partial charge < -0.3 is 9.73 Å². The zero-order valence-electron chi connectivity index (χ0n) is 25.6. The van der Waals surface area contributed by atoms with Crippen LogP contribution in [0.3, 0.4) is 0 Å². The Hall–Kier alpha value is -5.97. The Morgan fingerprint density at radius 2 is 1.17 bits per heavy atom. The van der Waals surface area contributed by atoms with Gasteiger partial charge in [0.25, 0.3) is 0 Å². The van der Waals surface area contributed by atoms with Crippen LogP contribution in [0.15, 0.2) is 173 Å². The van der Waals surface area contributed by atoms with Crippen LogP contribution in [-0.4, -0.2) is 5.84 Å². The van der Waals surface area contributed by atoms with E-state index in [4.69, 9.17) is 9.41 Å². The second-order valence-electron chi connectivity index (χ2n) is 12.0. The molecular weight excluding hydrogens is 574 g/mol. The second kappa shape index (κ2) is 11.4. The van der Waals surface area contributed by atoms with Gasteiger partial charge in [-0.3, -0.25) is 5.32 Å². The van der Waals surface area contributed by atoms with E-state index >= 15 is 0 Å². The van der Waals surface area contributed by atoms with Gasteiger partial charge in [0.2, 0.25) is 0 Å². The van der Waals surface area contributed by atoms with E-state index in [1.54, 1.807) is 0 Å². The number of hydrogen-bond acceptors (Lipinski definition) is 4. The first-order chi connectivity index (χ1) is 23.3. The number of nitrogens with zero attached hydrogens (tertiary/aromatic N) is 1. The minimum atomic E-state index is -0.249. The van der Waals surface area contributed by atoms with E-state index in [1.807, 2.05) is 24.3 Å². The maximum Gasteiger partial charge on any atom is 0.136 e. The van der Waals surface area contributed by atoms with Gasteiger partial charge in [-0.1, -0.05) is 146 Å². The van der Waals surface area contributed by atoms with Crippen LogP contribution in [0.1, 0.15) is 29.0 Å². The van der Waals surface area contributed by atoms with Crippen molar-refractivity contribution in [1.82, 2.24) is 10.6 Å². The molecule has 1 aliphatic heterocycles. The molecule has 8 aromatic rings. The molecule has 0 bridgehead atoms. The summed E-state index contributed by atoms with van der Waals surface area (Å²) in [5.74, 6) is 0.853. The maximum atomic E-state index is 6.60. The fourth-order valence-electron chi connectivity index (χ4n) is 6.97. The van der Waals surface area contributed by atoms with Crippen molar-refractivity contribution in [3.8, 4) is 22.3 Å². The van der Waals surface area contributed by atoms with Crippen molar-refractivity contribution in [2.75, 3.05) is 0 Å². The van der Waals surface area contributed by atoms with Crippen molar-refractivity contribution < 1.29 is 4.42 Å². The lowest BCUT2D eigenvalue weighted by Crippen LogP contribution is -2.45. The standard InChI is InChI=1S/C43H31N3O/c1-3-15-29(16-4-1)41-44-42(30-17-5-2-6-18-30)46-43(45-41)37-26-31(27-39-40(37)36-23-11-12-25-38(36)47-39)33-21-9-10-22-34(33)35-24-13-19-28-14-7-8-20-32(28)35/h1-27,41,43,45H,(H,44,46). The highest BCUT2D eigenvalue weighted by Gasteiger charge is 2.28. The van der Waals surface area contributed by atoms with E-state index < -0.39 is 0 Å². The smallest absolute Gasteiger partial charge is 0.136 e. The van der Waals surface area contributed by atoms with Crippen molar-refractivity contribution in [2.45, 2.75) is 12.3 Å². The largest absolute Gasteiger partial charge is 0.456 e. The highest BCUT2D eigenvalue weighted by atomic mass is 16.3. The second-order valence-corrected chi connectivity index (χ2v) is 12.0. The zero-order chi connectivity index (χ0) is 31.2. The molecule has 1 aromatic heterocycles. The van der Waals surface area contributed by atoms with E-state index in [0.717, 1.165) is 55.6 Å². The van der Waals surface area contributed by atoms with Crippen molar-refractivity contribution in [3.63, 3.8) is 0 Å². The average molecular weight is 606 g/mol. The van der Waals surface area contributed by atoms with Crippen molar-refractivity contribution in [3.05, 3.63) is 180 Å². The predicted octanol–water partition coefficient (Wildman–Crippen LogP) is 10.4. The third-order valence-electron chi connectivity index (χ3n) is 9.16. The molecule has 1 aliphatic rings. The lowest BCUT2D eigenvalue weighted by molar-refractivity contribution is 0.411. The molecule has 0 saturated carbocycles. The Bertz CT molecular complexity index is 2420. The molecule has 47 heavy (non-hydrogen) atoms. The maximum absolute atomic E-state index is 6.60. The Kier molecular flexibility index (Phi) is 6.65. The molecule has 0 radical (unpaired) electrons. The van der Waals surface area contributed by atoms with Crippen LogP contribution in [0.2, 0.25) is 0 Å². The Morgan fingerprint density at radius 3 is 2.02 bits per heavy atom. The molecule has 7 aromatic carbocycles. The molecule has 2 N–H and O–H groups in total. The number of amidine groups is 1. The van der Waals surface area contributed by atoms with Crippen LogP contribution in [0.4, 0.5) is 0 Å².